The van der Waals surface area contributed by atoms with E-state index in [2.05, 4.69) is 6.92 Å². The lowest BCUT2D eigenvalue weighted by Gasteiger charge is -2.30. The maximum Gasteiger partial charge on any atom is 0.0392 e. The van der Waals surface area contributed by atoms with Crippen molar-refractivity contribution in [2.45, 2.75) is 76.0 Å². The minimum absolute atomic E-state index is 0.184. The van der Waals surface area contributed by atoms with Gasteiger partial charge in [0.15, 0.2) is 0 Å². The van der Waals surface area contributed by atoms with Gasteiger partial charge in [0, 0.05) is 27.8 Å². The molecule has 3 heteroatoms. The number of nitrogens with two attached hydrogens (primary N) is 1. The summed E-state index contributed by atoms with van der Waals surface area (Å²) in [5.74, 6) is 2.16. The van der Waals surface area contributed by atoms with Crippen molar-refractivity contribution < 1.29 is 4.21 Å². The molecule has 4 atom stereocenters. The summed E-state index contributed by atoms with van der Waals surface area (Å²) >= 11 is 0. The van der Waals surface area contributed by atoms with E-state index in [0.29, 0.717) is 11.2 Å². The fourth-order valence-electron chi connectivity index (χ4n) is 3.64. The number of hydrogen-bond donors (Lipinski definition) is 1. The smallest absolute Gasteiger partial charge is 0.0392 e. The Morgan fingerprint density at radius 3 is 2.50 bits per heavy atom. The highest BCUT2D eigenvalue weighted by Crippen LogP contribution is 2.29. The van der Waals surface area contributed by atoms with Crippen LogP contribution < -0.4 is 5.73 Å². The second-order valence-corrected chi connectivity index (χ2v) is 8.26. The standard InChI is InChI=1S/C15H29NOS/c1-12-6-5-9-14(10-12)18(17)11-15(16)13-7-3-2-4-8-13/h12-15H,2-11,16H2,1H3. The topological polar surface area (TPSA) is 43.1 Å². The Morgan fingerprint density at radius 2 is 1.83 bits per heavy atom. The first-order valence-electron chi connectivity index (χ1n) is 7.79. The lowest BCUT2D eigenvalue weighted by Crippen LogP contribution is -2.39. The minimum Gasteiger partial charge on any atom is -0.327 e. The van der Waals surface area contributed by atoms with Gasteiger partial charge in [-0.2, -0.15) is 0 Å². The Balaban J connectivity index is 1.78. The summed E-state index contributed by atoms with van der Waals surface area (Å²) in [7, 11) is -0.684. The maximum absolute atomic E-state index is 12.4. The van der Waals surface area contributed by atoms with Crippen LogP contribution in [-0.4, -0.2) is 21.3 Å². The highest BCUT2D eigenvalue weighted by molar-refractivity contribution is 7.85. The van der Waals surface area contributed by atoms with Crippen molar-refractivity contribution in [2.24, 2.45) is 17.6 Å². The van der Waals surface area contributed by atoms with Crippen molar-refractivity contribution in [2.75, 3.05) is 5.75 Å². The van der Waals surface area contributed by atoms with E-state index in [1.807, 2.05) is 0 Å². The molecule has 106 valence electrons. The molecule has 18 heavy (non-hydrogen) atoms. The largest absolute Gasteiger partial charge is 0.327 e. The molecular weight excluding hydrogens is 242 g/mol. The Labute approximate surface area is 115 Å². The van der Waals surface area contributed by atoms with Gasteiger partial charge in [-0.1, -0.05) is 39.0 Å². The van der Waals surface area contributed by atoms with Crippen molar-refractivity contribution >= 4 is 10.8 Å². The first-order valence-corrected chi connectivity index (χ1v) is 9.17. The molecule has 2 N–H and O–H groups in total. The molecule has 2 rings (SSSR count). The molecule has 2 aliphatic carbocycles. The molecule has 0 aromatic heterocycles. The molecule has 4 unspecified atom stereocenters. The zero-order valence-corrected chi connectivity index (χ0v) is 12.6. The van der Waals surface area contributed by atoms with E-state index in [-0.39, 0.29) is 6.04 Å². The van der Waals surface area contributed by atoms with Crippen LogP contribution in [0.2, 0.25) is 0 Å². The van der Waals surface area contributed by atoms with Crippen LogP contribution in [-0.2, 0) is 10.8 Å². The van der Waals surface area contributed by atoms with Crippen LogP contribution in [0, 0.1) is 11.8 Å². The third-order valence-electron chi connectivity index (χ3n) is 4.87. The van der Waals surface area contributed by atoms with E-state index in [1.54, 1.807) is 0 Å². The molecule has 0 heterocycles. The molecule has 0 aromatic carbocycles. The number of hydrogen-bond acceptors (Lipinski definition) is 2. The summed E-state index contributed by atoms with van der Waals surface area (Å²) in [6.45, 7) is 2.30. The lowest BCUT2D eigenvalue weighted by molar-refractivity contribution is 0.317. The average Bonchev–Trinajstić information content (AvgIpc) is 2.39. The molecule has 0 spiro atoms. The Hall–Kier alpha value is 0.110. The van der Waals surface area contributed by atoms with Crippen LogP contribution in [0.25, 0.3) is 0 Å². The normalized spacial score (nSPS) is 34.1. The summed E-state index contributed by atoms with van der Waals surface area (Å²) < 4.78 is 12.4. The second kappa shape index (κ2) is 7.04. The van der Waals surface area contributed by atoms with Gasteiger partial charge in [-0.25, -0.2) is 0 Å². The average molecular weight is 271 g/mol. The van der Waals surface area contributed by atoms with Gasteiger partial charge in [0.2, 0.25) is 0 Å². The molecule has 0 aromatic rings. The van der Waals surface area contributed by atoms with Crippen molar-refractivity contribution in [3.05, 3.63) is 0 Å². The van der Waals surface area contributed by atoms with Crippen LogP contribution in [0.1, 0.15) is 64.7 Å². The van der Waals surface area contributed by atoms with Gasteiger partial charge in [0.1, 0.15) is 0 Å². The zero-order chi connectivity index (χ0) is 13.0. The predicted molar refractivity (Wildman–Crippen MR) is 79.0 cm³/mol. The van der Waals surface area contributed by atoms with E-state index in [1.165, 1.54) is 44.9 Å². The van der Waals surface area contributed by atoms with Gasteiger partial charge in [-0.3, -0.25) is 4.21 Å². The Kier molecular flexibility index (Phi) is 5.68. The molecule has 0 radical (unpaired) electrons. The summed E-state index contributed by atoms with van der Waals surface area (Å²) in [5, 5.41) is 0.434. The van der Waals surface area contributed by atoms with Crippen LogP contribution >= 0.6 is 0 Å². The van der Waals surface area contributed by atoms with Gasteiger partial charge in [-0.15, -0.1) is 0 Å². The van der Waals surface area contributed by atoms with Gasteiger partial charge >= 0.3 is 0 Å². The first-order chi connectivity index (χ1) is 8.66. The maximum atomic E-state index is 12.4. The molecule has 0 amide bonds. The predicted octanol–water partition coefficient (Wildman–Crippen LogP) is 3.22. The third kappa shape index (κ3) is 4.06. The second-order valence-electron chi connectivity index (χ2n) is 6.50. The molecule has 2 nitrogen and oxygen atoms in total. The first kappa shape index (κ1) is 14.5. The van der Waals surface area contributed by atoms with Crippen molar-refractivity contribution in [1.29, 1.82) is 0 Å². The molecule has 2 fully saturated rings. The Bertz CT molecular complexity index is 276. The van der Waals surface area contributed by atoms with Gasteiger partial charge in [0.05, 0.1) is 0 Å². The Morgan fingerprint density at radius 1 is 1.11 bits per heavy atom. The van der Waals surface area contributed by atoms with Gasteiger partial charge in [-0.05, 0) is 37.5 Å². The fourth-order valence-corrected chi connectivity index (χ4v) is 5.54. The summed E-state index contributed by atoms with van der Waals surface area (Å²) in [5.41, 5.74) is 6.30. The molecule has 0 aliphatic heterocycles. The van der Waals surface area contributed by atoms with Crippen LogP contribution in [0.4, 0.5) is 0 Å². The van der Waals surface area contributed by atoms with E-state index in [4.69, 9.17) is 5.73 Å². The number of rotatable bonds is 4. The highest BCUT2D eigenvalue weighted by Gasteiger charge is 2.28. The molecular formula is C15H29NOS. The van der Waals surface area contributed by atoms with Crippen LogP contribution in [0.5, 0.6) is 0 Å². The highest BCUT2D eigenvalue weighted by atomic mass is 32.2. The van der Waals surface area contributed by atoms with Crippen LogP contribution in [0.15, 0.2) is 0 Å². The molecule has 0 saturated heterocycles. The van der Waals surface area contributed by atoms with E-state index < -0.39 is 10.8 Å². The summed E-state index contributed by atoms with van der Waals surface area (Å²) in [4.78, 5) is 0. The van der Waals surface area contributed by atoms with Gasteiger partial charge in [0.25, 0.3) is 0 Å². The summed E-state index contributed by atoms with van der Waals surface area (Å²) in [6.07, 6.45) is 11.4. The van der Waals surface area contributed by atoms with Crippen molar-refractivity contribution in [3.63, 3.8) is 0 Å². The third-order valence-corrected chi connectivity index (χ3v) is 6.76. The minimum atomic E-state index is -0.684. The monoisotopic (exact) mass is 271 g/mol. The SMILES string of the molecule is CC1CCCC(S(=O)CC(N)C2CCCCC2)C1. The van der Waals surface area contributed by atoms with E-state index >= 15 is 0 Å². The van der Waals surface area contributed by atoms with Crippen LogP contribution in [0.3, 0.4) is 0 Å². The van der Waals surface area contributed by atoms with E-state index in [9.17, 15) is 4.21 Å². The quantitative estimate of drug-likeness (QED) is 0.853. The van der Waals surface area contributed by atoms with Crippen molar-refractivity contribution in [1.82, 2.24) is 0 Å². The molecule has 2 saturated carbocycles. The van der Waals surface area contributed by atoms with E-state index in [0.717, 1.165) is 24.5 Å². The fraction of sp³-hybridized carbons (Fsp3) is 1.00. The molecule has 0 bridgehead atoms. The summed E-state index contributed by atoms with van der Waals surface area (Å²) in [6, 6.07) is 0.184. The van der Waals surface area contributed by atoms with Gasteiger partial charge < -0.3 is 5.73 Å². The molecule has 2 aliphatic rings. The zero-order valence-electron chi connectivity index (χ0n) is 11.8. The van der Waals surface area contributed by atoms with Crippen molar-refractivity contribution in [3.8, 4) is 0 Å². The lowest BCUT2D eigenvalue weighted by atomic mass is 9.85.